The third-order valence-corrected chi connectivity index (χ3v) is 3.25. The van der Waals surface area contributed by atoms with E-state index >= 15 is 0 Å². The van der Waals surface area contributed by atoms with Crippen LogP contribution in [-0.2, 0) is 4.74 Å². The van der Waals surface area contributed by atoms with Crippen molar-refractivity contribution in [1.29, 1.82) is 5.26 Å². The summed E-state index contributed by atoms with van der Waals surface area (Å²) >= 11 is 6.91. The first-order valence-corrected chi connectivity index (χ1v) is 6.27. The molecule has 1 N–H and O–H groups in total. The van der Waals surface area contributed by atoms with E-state index in [0.717, 1.165) is 0 Å². The molecule has 0 saturated carbocycles. The van der Waals surface area contributed by atoms with Gasteiger partial charge in [-0.05, 0) is 23.0 Å². The van der Waals surface area contributed by atoms with Gasteiger partial charge < -0.3 is 10.1 Å². The molecule has 0 atom stereocenters. The Labute approximate surface area is 117 Å². The second kappa shape index (κ2) is 5.65. The first-order valence-electron chi connectivity index (χ1n) is 5.01. The molecule has 96 valence electrons. The number of halogens is 1. The second-order valence-corrected chi connectivity index (χ2v) is 4.55. The van der Waals surface area contributed by atoms with E-state index in [1.807, 2.05) is 6.07 Å². The third-order valence-electron chi connectivity index (χ3n) is 2.17. The molecular formula is C11H7ClN4O2S. The summed E-state index contributed by atoms with van der Waals surface area (Å²) in [6, 6.07) is 3.63. The minimum Gasteiger partial charge on any atom is -0.465 e. The number of methoxy groups -OCH3 is 1. The first kappa shape index (κ1) is 13.3. The number of esters is 1. The zero-order chi connectivity index (χ0) is 13.8. The van der Waals surface area contributed by atoms with Crippen molar-refractivity contribution in [3.63, 3.8) is 0 Å². The number of ether oxygens (including phenoxy) is 1. The van der Waals surface area contributed by atoms with Crippen molar-refractivity contribution in [1.82, 2.24) is 9.97 Å². The van der Waals surface area contributed by atoms with E-state index in [9.17, 15) is 4.79 Å². The maximum Gasteiger partial charge on any atom is 0.350 e. The summed E-state index contributed by atoms with van der Waals surface area (Å²) in [5.74, 6) is -0.220. The quantitative estimate of drug-likeness (QED) is 0.691. The molecule has 2 heterocycles. The smallest absolute Gasteiger partial charge is 0.350 e. The number of carbonyl (C=O) groups is 1. The lowest BCUT2D eigenvalue weighted by atomic mass is 10.3. The molecule has 0 aliphatic heterocycles. The van der Waals surface area contributed by atoms with Gasteiger partial charge in [-0.25, -0.2) is 9.78 Å². The number of rotatable bonds is 3. The number of nitrogens with zero attached hydrogens (tertiary/aromatic N) is 3. The van der Waals surface area contributed by atoms with Gasteiger partial charge in [0.2, 0.25) is 5.28 Å². The number of aromatic nitrogens is 2. The van der Waals surface area contributed by atoms with Crippen molar-refractivity contribution < 1.29 is 9.53 Å². The van der Waals surface area contributed by atoms with Crippen LogP contribution in [0.3, 0.4) is 0 Å². The van der Waals surface area contributed by atoms with Gasteiger partial charge in [0.05, 0.1) is 19.0 Å². The number of carbonyl (C=O) groups excluding carboxylic acids is 1. The van der Waals surface area contributed by atoms with Crippen LogP contribution in [0.1, 0.15) is 15.2 Å². The van der Waals surface area contributed by atoms with Gasteiger partial charge in [-0.15, -0.1) is 11.3 Å². The Balaban J connectivity index is 2.37. The van der Waals surface area contributed by atoms with Gasteiger partial charge in [-0.3, -0.25) is 0 Å². The van der Waals surface area contributed by atoms with Crippen molar-refractivity contribution in [3.05, 3.63) is 33.4 Å². The van der Waals surface area contributed by atoms with Crippen molar-refractivity contribution >= 4 is 40.4 Å². The summed E-state index contributed by atoms with van der Waals surface area (Å²) in [5.41, 5.74) is 0.731. The van der Waals surface area contributed by atoms with E-state index < -0.39 is 5.97 Å². The summed E-state index contributed by atoms with van der Waals surface area (Å²) in [7, 11) is 1.30. The molecule has 2 rings (SSSR count). The molecule has 0 aromatic carbocycles. The number of nitriles is 1. The Bertz CT molecular complexity index is 665. The molecule has 0 unspecified atom stereocenters. The van der Waals surface area contributed by atoms with Crippen LogP contribution in [0.5, 0.6) is 0 Å². The summed E-state index contributed by atoms with van der Waals surface area (Å²) < 4.78 is 4.66. The zero-order valence-corrected chi connectivity index (χ0v) is 11.2. The number of anilines is 2. The van der Waals surface area contributed by atoms with Crippen molar-refractivity contribution in [2.45, 2.75) is 0 Å². The standard InChI is InChI=1S/C11H7ClN4O2S/c1-18-10(17)8-7(2-3-19-8)15-9-6(4-13)5-14-11(12)16-9/h2-3,5H,1H3,(H,14,15,16). The van der Waals surface area contributed by atoms with Crippen LogP contribution < -0.4 is 5.32 Å². The molecule has 0 spiro atoms. The van der Waals surface area contributed by atoms with Gasteiger partial charge in [-0.2, -0.15) is 10.2 Å². The molecule has 8 heteroatoms. The summed E-state index contributed by atoms with van der Waals surface area (Å²) in [6.45, 7) is 0. The monoisotopic (exact) mass is 294 g/mol. The molecule has 2 aromatic heterocycles. The fraction of sp³-hybridized carbons (Fsp3) is 0.0909. The van der Waals surface area contributed by atoms with Crippen LogP contribution in [0.2, 0.25) is 5.28 Å². The van der Waals surface area contributed by atoms with E-state index in [0.29, 0.717) is 10.6 Å². The Morgan fingerprint density at radius 1 is 1.63 bits per heavy atom. The van der Waals surface area contributed by atoms with Gasteiger partial charge in [-0.1, -0.05) is 0 Å². The fourth-order valence-electron chi connectivity index (χ4n) is 1.32. The van der Waals surface area contributed by atoms with Crippen LogP contribution in [0.4, 0.5) is 11.5 Å². The van der Waals surface area contributed by atoms with Gasteiger partial charge in [0.25, 0.3) is 0 Å². The first-order chi connectivity index (χ1) is 9.15. The Kier molecular flexibility index (Phi) is 3.94. The van der Waals surface area contributed by atoms with E-state index in [1.165, 1.54) is 24.6 Å². The maximum atomic E-state index is 11.5. The van der Waals surface area contributed by atoms with Crippen LogP contribution in [0.15, 0.2) is 17.6 Å². The predicted molar refractivity (Wildman–Crippen MR) is 70.7 cm³/mol. The topological polar surface area (TPSA) is 87.9 Å². The molecule has 2 aromatic rings. The predicted octanol–water partition coefficient (Wildman–Crippen LogP) is 2.59. The number of hydrogen-bond donors (Lipinski definition) is 1. The summed E-state index contributed by atoms with van der Waals surface area (Å²) in [5, 5.41) is 13.6. The van der Waals surface area contributed by atoms with E-state index in [-0.39, 0.29) is 16.7 Å². The highest BCUT2D eigenvalue weighted by Gasteiger charge is 2.15. The summed E-state index contributed by atoms with van der Waals surface area (Å²) in [4.78, 5) is 19.6. The maximum absolute atomic E-state index is 11.5. The minimum atomic E-state index is -0.462. The molecule has 6 nitrogen and oxygen atoms in total. The minimum absolute atomic E-state index is 0.0105. The normalized spacial score (nSPS) is 9.74. The number of hydrogen-bond acceptors (Lipinski definition) is 7. The Hall–Kier alpha value is -2.17. The van der Waals surface area contributed by atoms with Gasteiger partial charge in [0.1, 0.15) is 16.5 Å². The van der Waals surface area contributed by atoms with E-state index in [4.69, 9.17) is 16.9 Å². The Morgan fingerprint density at radius 3 is 3.11 bits per heavy atom. The van der Waals surface area contributed by atoms with Crippen molar-refractivity contribution in [2.24, 2.45) is 0 Å². The van der Waals surface area contributed by atoms with Crippen LogP contribution in [0.25, 0.3) is 0 Å². The largest absolute Gasteiger partial charge is 0.465 e. The molecule has 0 bridgehead atoms. The molecule has 0 aliphatic rings. The van der Waals surface area contributed by atoms with Crippen molar-refractivity contribution in [2.75, 3.05) is 12.4 Å². The van der Waals surface area contributed by atoms with Crippen LogP contribution >= 0.6 is 22.9 Å². The van der Waals surface area contributed by atoms with E-state index in [1.54, 1.807) is 11.4 Å². The SMILES string of the molecule is COC(=O)c1sccc1Nc1nc(Cl)ncc1C#N. The van der Waals surface area contributed by atoms with E-state index in [2.05, 4.69) is 20.0 Å². The zero-order valence-electron chi connectivity index (χ0n) is 9.68. The molecule has 0 radical (unpaired) electrons. The lowest BCUT2D eigenvalue weighted by Gasteiger charge is -2.07. The Morgan fingerprint density at radius 2 is 2.42 bits per heavy atom. The highest BCUT2D eigenvalue weighted by molar-refractivity contribution is 7.12. The number of thiophene rings is 1. The average Bonchev–Trinajstić information content (AvgIpc) is 2.86. The molecule has 0 aliphatic carbocycles. The second-order valence-electron chi connectivity index (χ2n) is 3.29. The third kappa shape index (κ3) is 2.81. The number of nitrogens with one attached hydrogen (secondary N) is 1. The van der Waals surface area contributed by atoms with Crippen LogP contribution in [0, 0.1) is 11.3 Å². The lowest BCUT2D eigenvalue weighted by molar-refractivity contribution is 0.0607. The fourth-order valence-corrected chi connectivity index (χ4v) is 2.22. The summed E-state index contributed by atoms with van der Waals surface area (Å²) in [6.07, 6.45) is 1.31. The average molecular weight is 295 g/mol. The lowest BCUT2D eigenvalue weighted by Crippen LogP contribution is -2.04. The highest BCUT2D eigenvalue weighted by Crippen LogP contribution is 2.27. The molecular weight excluding hydrogens is 288 g/mol. The highest BCUT2D eigenvalue weighted by atomic mass is 35.5. The van der Waals surface area contributed by atoms with Gasteiger partial charge in [0.15, 0.2) is 5.82 Å². The van der Waals surface area contributed by atoms with Gasteiger partial charge in [0, 0.05) is 0 Å². The van der Waals surface area contributed by atoms with Crippen LogP contribution in [-0.4, -0.2) is 23.0 Å². The molecule has 0 fully saturated rings. The molecule has 0 amide bonds. The molecule has 19 heavy (non-hydrogen) atoms. The van der Waals surface area contributed by atoms with Gasteiger partial charge >= 0.3 is 5.97 Å². The van der Waals surface area contributed by atoms with Crippen molar-refractivity contribution in [3.8, 4) is 6.07 Å². The molecule has 0 saturated heterocycles.